The van der Waals surface area contributed by atoms with Gasteiger partial charge < -0.3 is 10.2 Å². The third-order valence-electron chi connectivity index (χ3n) is 6.26. The van der Waals surface area contributed by atoms with E-state index in [1.54, 1.807) is 24.3 Å². The number of halogens is 1. The summed E-state index contributed by atoms with van der Waals surface area (Å²) in [7, 11) is -4.06. The van der Waals surface area contributed by atoms with Gasteiger partial charge in [-0.25, -0.2) is 8.42 Å². The van der Waals surface area contributed by atoms with Crippen molar-refractivity contribution < 1.29 is 22.9 Å². The van der Waals surface area contributed by atoms with E-state index in [0.717, 1.165) is 22.2 Å². The Balaban J connectivity index is 2.08. The summed E-state index contributed by atoms with van der Waals surface area (Å²) in [4.78, 5) is 39.7. The molecule has 3 aromatic rings. The van der Waals surface area contributed by atoms with Crippen LogP contribution in [0.4, 0.5) is 11.4 Å². The fraction of sp³-hybridized carbons (Fsp3) is 0.310. The van der Waals surface area contributed by atoms with Crippen molar-refractivity contribution >= 4 is 44.8 Å². The maximum atomic E-state index is 14.0. The molecule has 41 heavy (non-hydrogen) atoms. The van der Waals surface area contributed by atoms with E-state index in [1.807, 2.05) is 44.2 Å². The number of benzene rings is 3. The first-order chi connectivity index (χ1) is 19.4. The van der Waals surface area contributed by atoms with Crippen LogP contribution >= 0.6 is 11.6 Å². The van der Waals surface area contributed by atoms with Gasteiger partial charge in [0.25, 0.3) is 5.69 Å². The number of nitro benzene ring substituents is 1. The molecule has 12 heteroatoms. The predicted octanol–water partition coefficient (Wildman–Crippen LogP) is 4.43. The Labute approximate surface area is 245 Å². The highest BCUT2D eigenvalue weighted by atomic mass is 35.5. The van der Waals surface area contributed by atoms with Crippen molar-refractivity contribution in [2.75, 3.05) is 23.7 Å². The lowest BCUT2D eigenvalue weighted by atomic mass is 10.0. The fourth-order valence-electron chi connectivity index (χ4n) is 4.16. The number of nitro groups is 1. The van der Waals surface area contributed by atoms with E-state index < -0.39 is 39.3 Å². The van der Waals surface area contributed by atoms with Crippen LogP contribution in [0.1, 0.15) is 25.0 Å². The molecule has 0 aliphatic carbocycles. The van der Waals surface area contributed by atoms with Crippen molar-refractivity contribution in [3.63, 3.8) is 0 Å². The summed E-state index contributed by atoms with van der Waals surface area (Å²) in [6.45, 7) is 3.51. The number of nitrogens with zero attached hydrogens (tertiary/aromatic N) is 3. The second kappa shape index (κ2) is 14.1. The minimum atomic E-state index is -4.06. The molecule has 0 aromatic heterocycles. The van der Waals surface area contributed by atoms with Gasteiger partial charge in [-0.2, -0.15) is 0 Å². The van der Waals surface area contributed by atoms with Crippen molar-refractivity contribution in [3.05, 3.63) is 105 Å². The highest BCUT2D eigenvalue weighted by Gasteiger charge is 2.33. The number of nitrogens with one attached hydrogen (secondary N) is 1. The maximum absolute atomic E-state index is 14.0. The van der Waals surface area contributed by atoms with Gasteiger partial charge in [-0.1, -0.05) is 80.0 Å². The molecule has 218 valence electrons. The lowest BCUT2D eigenvalue weighted by Gasteiger charge is -2.33. The number of non-ortho nitro benzene ring substituents is 1. The molecule has 0 fully saturated rings. The first-order valence-corrected chi connectivity index (χ1v) is 15.2. The Morgan fingerprint density at radius 2 is 1.66 bits per heavy atom. The van der Waals surface area contributed by atoms with Crippen molar-refractivity contribution in [1.82, 2.24) is 10.2 Å². The van der Waals surface area contributed by atoms with Crippen LogP contribution in [0.3, 0.4) is 0 Å². The molecule has 0 saturated carbocycles. The van der Waals surface area contributed by atoms with Crippen molar-refractivity contribution in [3.8, 4) is 0 Å². The van der Waals surface area contributed by atoms with Crippen LogP contribution in [0.2, 0.25) is 5.02 Å². The Bertz CT molecular complexity index is 1480. The fourth-order valence-corrected chi connectivity index (χ4v) is 5.20. The molecule has 0 spiro atoms. The first-order valence-electron chi connectivity index (χ1n) is 12.9. The van der Waals surface area contributed by atoms with E-state index in [9.17, 15) is 28.1 Å². The molecule has 0 bridgehead atoms. The minimum absolute atomic E-state index is 0.0448. The number of carbonyl (C=O) groups excluding carboxylic acids is 2. The summed E-state index contributed by atoms with van der Waals surface area (Å²) in [6, 6.07) is 20.1. The van der Waals surface area contributed by atoms with Crippen LogP contribution in [0, 0.1) is 16.0 Å². The van der Waals surface area contributed by atoms with Gasteiger partial charge in [0.15, 0.2) is 0 Å². The monoisotopic (exact) mass is 600 g/mol. The molecule has 0 aliphatic heterocycles. The average molecular weight is 601 g/mol. The van der Waals surface area contributed by atoms with Crippen LogP contribution < -0.4 is 9.62 Å². The van der Waals surface area contributed by atoms with E-state index in [4.69, 9.17) is 11.6 Å². The zero-order chi connectivity index (χ0) is 30.2. The molecular formula is C29H33ClN4O6S. The van der Waals surface area contributed by atoms with Gasteiger partial charge in [0.05, 0.1) is 16.9 Å². The number of carbonyl (C=O) groups is 2. The summed E-state index contributed by atoms with van der Waals surface area (Å²) < 4.78 is 26.5. The Hall–Kier alpha value is -3.96. The van der Waals surface area contributed by atoms with Gasteiger partial charge in [0.1, 0.15) is 12.6 Å². The molecule has 2 amide bonds. The smallest absolute Gasteiger partial charge is 0.271 e. The standard InChI is InChI=1S/C29H33ClN4O6S/c1-21(2)18-31-29(36)27(16-22-10-5-4-6-11-22)32(19-23-12-7-8-15-26(23)30)28(35)20-33(41(3,39)40)24-13-9-14-25(17-24)34(37)38/h4-15,17,21,27H,16,18-20H2,1-3H3,(H,31,36)/t27-/m0/s1. The number of hydrogen-bond acceptors (Lipinski definition) is 6. The maximum Gasteiger partial charge on any atom is 0.271 e. The third-order valence-corrected chi connectivity index (χ3v) is 7.77. The highest BCUT2D eigenvalue weighted by Crippen LogP contribution is 2.25. The summed E-state index contributed by atoms with van der Waals surface area (Å²) in [6.07, 6.45) is 1.07. The van der Waals surface area contributed by atoms with Crippen LogP contribution in [0.5, 0.6) is 0 Å². The summed E-state index contributed by atoms with van der Waals surface area (Å²) in [5, 5.41) is 14.6. The van der Waals surface area contributed by atoms with Gasteiger partial charge in [-0.15, -0.1) is 0 Å². The van der Waals surface area contributed by atoms with Crippen LogP contribution in [-0.2, 0) is 32.6 Å². The van der Waals surface area contributed by atoms with Crippen LogP contribution in [-0.4, -0.2) is 55.4 Å². The minimum Gasteiger partial charge on any atom is -0.354 e. The molecule has 0 aliphatic rings. The number of hydrogen-bond donors (Lipinski definition) is 1. The van der Waals surface area contributed by atoms with E-state index in [-0.39, 0.29) is 30.3 Å². The number of rotatable bonds is 13. The van der Waals surface area contributed by atoms with Crippen molar-refractivity contribution in [2.45, 2.75) is 32.9 Å². The van der Waals surface area contributed by atoms with Gasteiger partial charge in [0, 0.05) is 36.7 Å². The molecule has 1 atom stereocenters. The van der Waals surface area contributed by atoms with Gasteiger partial charge in [-0.3, -0.25) is 24.0 Å². The highest BCUT2D eigenvalue weighted by molar-refractivity contribution is 7.92. The molecule has 3 aromatic carbocycles. The van der Waals surface area contributed by atoms with E-state index in [1.165, 1.54) is 23.1 Å². The van der Waals surface area contributed by atoms with Gasteiger partial charge in [0.2, 0.25) is 21.8 Å². The van der Waals surface area contributed by atoms with E-state index >= 15 is 0 Å². The van der Waals surface area contributed by atoms with E-state index in [2.05, 4.69) is 5.32 Å². The predicted molar refractivity (Wildman–Crippen MR) is 159 cm³/mol. The number of amides is 2. The lowest BCUT2D eigenvalue weighted by molar-refractivity contribution is -0.384. The number of anilines is 1. The Kier molecular flexibility index (Phi) is 10.8. The topological polar surface area (TPSA) is 130 Å². The lowest BCUT2D eigenvalue weighted by Crippen LogP contribution is -2.53. The molecule has 0 unspecified atom stereocenters. The van der Waals surface area contributed by atoms with Crippen LogP contribution in [0.25, 0.3) is 0 Å². The molecule has 10 nitrogen and oxygen atoms in total. The normalized spacial score (nSPS) is 12.0. The first kappa shape index (κ1) is 31.6. The Morgan fingerprint density at radius 1 is 1.00 bits per heavy atom. The van der Waals surface area contributed by atoms with Crippen LogP contribution in [0.15, 0.2) is 78.9 Å². The Morgan fingerprint density at radius 3 is 2.27 bits per heavy atom. The van der Waals surface area contributed by atoms with E-state index in [0.29, 0.717) is 17.1 Å². The molecule has 0 saturated heterocycles. The second-order valence-electron chi connectivity index (χ2n) is 10.0. The average Bonchev–Trinajstić information content (AvgIpc) is 2.93. The van der Waals surface area contributed by atoms with Crippen molar-refractivity contribution in [2.24, 2.45) is 5.92 Å². The summed E-state index contributed by atoms with van der Waals surface area (Å²) in [5.41, 5.74) is 0.995. The second-order valence-corrected chi connectivity index (χ2v) is 12.3. The quantitative estimate of drug-likeness (QED) is 0.228. The zero-order valence-corrected chi connectivity index (χ0v) is 24.6. The molecule has 1 N–H and O–H groups in total. The molecule has 3 rings (SSSR count). The summed E-state index contributed by atoms with van der Waals surface area (Å²) in [5.74, 6) is -0.926. The van der Waals surface area contributed by atoms with Gasteiger partial charge in [-0.05, 0) is 29.2 Å². The zero-order valence-electron chi connectivity index (χ0n) is 23.1. The van der Waals surface area contributed by atoms with Gasteiger partial charge >= 0.3 is 0 Å². The third kappa shape index (κ3) is 9.02. The van der Waals surface area contributed by atoms with Crippen molar-refractivity contribution in [1.29, 1.82) is 0 Å². The molecule has 0 heterocycles. The SMILES string of the molecule is CC(C)CNC(=O)[C@H](Cc1ccccc1)N(Cc1ccccc1Cl)C(=O)CN(c1cccc([N+](=O)[O-])c1)S(C)(=O)=O. The molecular weight excluding hydrogens is 568 g/mol. The largest absolute Gasteiger partial charge is 0.354 e. The molecule has 0 radical (unpaired) electrons. The summed E-state index contributed by atoms with van der Waals surface area (Å²) >= 11 is 6.43. The number of sulfonamides is 1.